The Bertz CT molecular complexity index is 820. The van der Waals surface area contributed by atoms with Crippen LogP contribution in [-0.4, -0.2) is 63.5 Å². The number of rotatable bonds is 7. The maximum Gasteiger partial charge on any atom is 0.317 e. The number of fused-ring (bicyclic) bond motifs is 1. The molecule has 0 unspecified atom stereocenters. The lowest BCUT2D eigenvalue weighted by atomic mass is 9.87. The van der Waals surface area contributed by atoms with Crippen LogP contribution in [0.3, 0.4) is 0 Å². The number of carbonyl (C=O) groups is 1. The van der Waals surface area contributed by atoms with Crippen molar-refractivity contribution in [1.29, 1.82) is 0 Å². The van der Waals surface area contributed by atoms with Gasteiger partial charge >= 0.3 is 6.03 Å². The largest absolute Gasteiger partial charge is 0.416 e. The minimum atomic E-state index is -1.71. The van der Waals surface area contributed by atoms with Gasteiger partial charge in [0.25, 0.3) is 0 Å². The zero-order valence-corrected chi connectivity index (χ0v) is 22.0. The maximum atomic E-state index is 13.0. The third-order valence-electron chi connectivity index (χ3n) is 8.02. The van der Waals surface area contributed by atoms with Crippen LogP contribution in [0.1, 0.15) is 51.3 Å². The fourth-order valence-electron chi connectivity index (χ4n) is 4.61. The Balaban J connectivity index is 1.50. The maximum absolute atomic E-state index is 13.0. The van der Waals surface area contributed by atoms with Crippen LogP contribution in [0, 0.1) is 5.41 Å². The van der Waals surface area contributed by atoms with Gasteiger partial charge in [0.1, 0.15) is 0 Å². The second-order valence-electron chi connectivity index (χ2n) is 11.2. The van der Waals surface area contributed by atoms with E-state index in [9.17, 15) is 4.79 Å². The average molecular weight is 458 g/mol. The highest BCUT2D eigenvalue weighted by molar-refractivity contribution is 6.74. The van der Waals surface area contributed by atoms with E-state index in [1.807, 2.05) is 4.90 Å². The van der Waals surface area contributed by atoms with Gasteiger partial charge in [-0.1, -0.05) is 51.1 Å². The van der Waals surface area contributed by atoms with E-state index in [1.165, 1.54) is 11.1 Å². The SMILES string of the molecule is C=C[C@@]1(CNC(=O)N2CCc3ccccc3[C@@H]2C)CCN(CCO[Si](C)(C)C(C)(C)C)C1. The number of hydrogen-bond acceptors (Lipinski definition) is 3. The molecule has 0 spiro atoms. The van der Waals surface area contributed by atoms with Crippen LogP contribution in [0.15, 0.2) is 36.9 Å². The molecule has 1 aromatic rings. The Morgan fingerprint density at radius 2 is 2.03 bits per heavy atom. The van der Waals surface area contributed by atoms with Crippen molar-refractivity contribution >= 4 is 14.3 Å². The quantitative estimate of drug-likeness (QED) is 0.451. The molecule has 0 aromatic heterocycles. The highest BCUT2D eigenvalue weighted by atomic mass is 28.4. The average Bonchev–Trinajstić information content (AvgIpc) is 3.15. The first-order valence-electron chi connectivity index (χ1n) is 12.1. The second-order valence-corrected chi connectivity index (χ2v) is 16.0. The lowest BCUT2D eigenvalue weighted by Gasteiger charge is -2.37. The molecule has 1 fully saturated rings. The van der Waals surface area contributed by atoms with E-state index in [-0.39, 0.29) is 22.5 Å². The molecule has 1 aromatic carbocycles. The summed E-state index contributed by atoms with van der Waals surface area (Å²) in [6.45, 7) is 22.8. The molecule has 6 heteroatoms. The first-order valence-corrected chi connectivity index (χ1v) is 15.0. The number of benzene rings is 1. The summed E-state index contributed by atoms with van der Waals surface area (Å²) in [6, 6.07) is 8.60. The number of amides is 2. The van der Waals surface area contributed by atoms with E-state index in [4.69, 9.17) is 4.43 Å². The van der Waals surface area contributed by atoms with E-state index < -0.39 is 8.32 Å². The molecule has 0 radical (unpaired) electrons. The van der Waals surface area contributed by atoms with Crippen molar-refractivity contribution in [3.05, 3.63) is 48.0 Å². The van der Waals surface area contributed by atoms with E-state index >= 15 is 0 Å². The van der Waals surface area contributed by atoms with E-state index in [0.717, 1.165) is 45.6 Å². The Morgan fingerprint density at radius 1 is 1.31 bits per heavy atom. The molecule has 1 saturated heterocycles. The molecule has 5 nitrogen and oxygen atoms in total. The van der Waals surface area contributed by atoms with Gasteiger partial charge in [0, 0.05) is 38.2 Å². The highest BCUT2D eigenvalue weighted by Gasteiger charge is 2.39. The van der Waals surface area contributed by atoms with Gasteiger partial charge in [-0.25, -0.2) is 4.79 Å². The van der Waals surface area contributed by atoms with Crippen LogP contribution in [0.5, 0.6) is 0 Å². The molecule has 0 saturated carbocycles. The van der Waals surface area contributed by atoms with Crippen molar-refractivity contribution in [3.63, 3.8) is 0 Å². The molecule has 178 valence electrons. The predicted molar refractivity (Wildman–Crippen MR) is 136 cm³/mol. The van der Waals surface area contributed by atoms with Gasteiger partial charge < -0.3 is 19.5 Å². The van der Waals surface area contributed by atoms with Gasteiger partial charge in [-0.15, -0.1) is 6.58 Å². The summed E-state index contributed by atoms with van der Waals surface area (Å²) in [4.78, 5) is 17.5. The molecular formula is C26H43N3O2Si. The van der Waals surface area contributed by atoms with Gasteiger partial charge in [0.15, 0.2) is 8.32 Å². The normalized spacial score (nSPS) is 24.3. The molecular weight excluding hydrogens is 414 g/mol. The van der Waals surface area contributed by atoms with Crippen LogP contribution < -0.4 is 5.32 Å². The summed E-state index contributed by atoms with van der Waals surface area (Å²) in [5.74, 6) is 0. The molecule has 1 N–H and O–H groups in total. The predicted octanol–water partition coefficient (Wildman–Crippen LogP) is 5.22. The first-order chi connectivity index (χ1) is 15.0. The molecule has 0 aliphatic carbocycles. The number of nitrogens with one attached hydrogen (secondary N) is 1. The number of hydrogen-bond donors (Lipinski definition) is 1. The van der Waals surface area contributed by atoms with E-state index in [1.54, 1.807) is 0 Å². The zero-order chi connectivity index (χ0) is 23.6. The van der Waals surface area contributed by atoms with E-state index in [2.05, 4.69) is 87.9 Å². The summed E-state index contributed by atoms with van der Waals surface area (Å²) in [5.41, 5.74) is 2.56. The molecule has 2 heterocycles. The van der Waals surface area contributed by atoms with Gasteiger partial charge in [-0.05, 0) is 55.6 Å². The van der Waals surface area contributed by atoms with Gasteiger partial charge in [-0.3, -0.25) is 0 Å². The lowest BCUT2D eigenvalue weighted by molar-refractivity contribution is 0.169. The Labute approximate surface area is 196 Å². The van der Waals surface area contributed by atoms with Crippen molar-refractivity contribution in [2.45, 2.75) is 64.7 Å². The molecule has 2 amide bonds. The number of urea groups is 1. The van der Waals surface area contributed by atoms with Crippen LogP contribution in [0.25, 0.3) is 0 Å². The molecule has 32 heavy (non-hydrogen) atoms. The zero-order valence-electron chi connectivity index (χ0n) is 21.0. The van der Waals surface area contributed by atoms with E-state index in [0.29, 0.717) is 6.54 Å². The van der Waals surface area contributed by atoms with Crippen LogP contribution in [0.2, 0.25) is 18.1 Å². The van der Waals surface area contributed by atoms with Crippen molar-refractivity contribution in [1.82, 2.24) is 15.1 Å². The van der Waals surface area contributed by atoms with Gasteiger partial charge in [-0.2, -0.15) is 0 Å². The molecule has 3 rings (SSSR count). The van der Waals surface area contributed by atoms with Crippen molar-refractivity contribution in [2.75, 3.05) is 39.3 Å². The molecule has 2 aliphatic rings. The Morgan fingerprint density at radius 3 is 2.72 bits per heavy atom. The van der Waals surface area contributed by atoms with Crippen molar-refractivity contribution in [2.24, 2.45) is 5.41 Å². The van der Waals surface area contributed by atoms with Gasteiger partial charge in [0.05, 0.1) is 6.04 Å². The second kappa shape index (κ2) is 9.70. The fraction of sp³-hybridized carbons (Fsp3) is 0.654. The summed E-state index contributed by atoms with van der Waals surface area (Å²) in [6.07, 6.45) is 3.99. The monoisotopic (exact) mass is 457 g/mol. The lowest BCUT2D eigenvalue weighted by Crippen LogP contribution is -2.48. The summed E-state index contributed by atoms with van der Waals surface area (Å²) >= 11 is 0. The van der Waals surface area contributed by atoms with Crippen molar-refractivity contribution < 1.29 is 9.22 Å². The number of carbonyl (C=O) groups excluding carboxylic acids is 1. The smallest absolute Gasteiger partial charge is 0.317 e. The molecule has 2 aliphatic heterocycles. The van der Waals surface area contributed by atoms with Crippen molar-refractivity contribution in [3.8, 4) is 0 Å². The van der Waals surface area contributed by atoms with Crippen LogP contribution in [0.4, 0.5) is 4.79 Å². The van der Waals surface area contributed by atoms with Gasteiger partial charge in [0.2, 0.25) is 0 Å². The number of likely N-dealkylation sites (tertiary alicyclic amines) is 1. The summed E-state index contributed by atoms with van der Waals surface area (Å²) in [5, 5.41) is 3.47. The van der Waals surface area contributed by atoms with Crippen LogP contribution >= 0.6 is 0 Å². The third kappa shape index (κ3) is 5.46. The Hall–Kier alpha value is -1.63. The first kappa shape index (κ1) is 25.0. The van der Waals surface area contributed by atoms with Crippen LogP contribution in [-0.2, 0) is 10.8 Å². The fourth-order valence-corrected chi connectivity index (χ4v) is 5.64. The topological polar surface area (TPSA) is 44.8 Å². The molecule has 0 bridgehead atoms. The highest BCUT2D eigenvalue weighted by Crippen LogP contribution is 2.37. The minimum Gasteiger partial charge on any atom is -0.416 e. The third-order valence-corrected chi connectivity index (χ3v) is 12.6. The molecule has 2 atom stereocenters. The number of nitrogens with zero attached hydrogens (tertiary/aromatic N) is 2. The Kier molecular flexibility index (Phi) is 7.57. The minimum absolute atomic E-state index is 0.0351. The standard InChI is InChI=1S/C26H43N3O2Si/c1-8-26(14-16-28(20-26)17-18-31-32(6,7)25(3,4)5)19-27-24(30)29-15-13-22-11-9-10-12-23(22)21(29)2/h8-12,21H,1,13-20H2,2-7H3,(H,27,30)/t21-,26-/m0/s1. The summed E-state index contributed by atoms with van der Waals surface area (Å²) < 4.78 is 6.37. The summed E-state index contributed by atoms with van der Waals surface area (Å²) in [7, 11) is -1.71.